The third kappa shape index (κ3) is 3.07. The van der Waals surface area contributed by atoms with Crippen molar-refractivity contribution in [2.75, 3.05) is 14.2 Å². The highest BCUT2D eigenvalue weighted by Gasteiger charge is 2.28. The molecule has 122 valence electrons. The van der Waals surface area contributed by atoms with Crippen LogP contribution in [0.4, 0.5) is 0 Å². The van der Waals surface area contributed by atoms with Crippen LogP contribution in [0.15, 0.2) is 78.9 Å². The van der Waals surface area contributed by atoms with E-state index in [2.05, 4.69) is 18.2 Å². The Kier molecular flexibility index (Phi) is 4.96. The molecule has 0 saturated heterocycles. The molecule has 4 heteroatoms. The maximum atomic E-state index is 12.9. The highest BCUT2D eigenvalue weighted by Crippen LogP contribution is 2.48. The van der Waals surface area contributed by atoms with Crippen LogP contribution < -0.4 is 5.30 Å². The minimum Gasteiger partial charge on any atom is -0.309 e. The summed E-state index contributed by atoms with van der Waals surface area (Å²) >= 11 is 0. The van der Waals surface area contributed by atoms with Gasteiger partial charge in [-0.1, -0.05) is 72.8 Å². The molecule has 0 heterocycles. The van der Waals surface area contributed by atoms with Gasteiger partial charge in [-0.3, -0.25) is 4.57 Å². The van der Waals surface area contributed by atoms with Crippen LogP contribution in [-0.2, 0) is 13.6 Å². The second-order valence-corrected chi connectivity index (χ2v) is 7.50. The molecule has 0 atom stereocenters. The molecule has 3 aromatic carbocycles. The minimum atomic E-state index is -3.35. The van der Waals surface area contributed by atoms with Crippen LogP contribution in [0, 0.1) is 0 Å². The summed E-state index contributed by atoms with van der Waals surface area (Å²) in [7, 11) is -0.534. The molecule has 0 N–H and O–H groups in total. The lowest BCUT2D eigenvalue weighted by atomic mass is 9.95. The quantitative estimate of drug-likeness (QED) is 0.605. The first-order chi connectivity index (χ1) is 11.7. The molecule has 0 spiro atoms. The first kappa shape index (κ1) is 16.7. The maximum Gasteiger partial charge on any atom is 0.361 e. The van der Waals surface area contributed by atoms with Gasteiger partial charge < -0.3 is 9.05 Å². The molecule has 0 unspecified atom stereocenters. The van der Waals surface area contributed by atoms with Crippen LogP contribution in [0.25, 0.3) is 22.3 Å². The third-order valence-corrected chi connectivity index (χ3v) is 5.92. The molecule has 0 aliphatic carbocycles. The normalized spacial score (nSPS) is 11.4. The molecular formula is C20H19O3P. The fraction of sp³-hybridized carbons (Fsp3) is 0.100. The van der Waals surface area contributed by atoms with Gasteiger partial charge in [-0.25, -0.2) is 0 Å². The Balaban J connectivity index is 2.24. The monoisotopic (exact) mass is 338 g/mol. The average Bonchev–Trinajstić information content (AvgIpc) is 2.68. The molecule has 3 rings (SSSR count). The Morgan fingerprint density at radius 3 is 1.75 bits per heavy atom. The Morgan fingerprint density at radius 2 is 1.12 bits per heavy atom. The Labute approximate surface area is 142 Å². The van der Waals surface area contributed by atoms with Crippen molar-refractivity contribution in [1.29, 1.82) is 0 Å². The summed E-state index contributed by atoms with van der Waals surface area (Å²) in [5.41, 5.74) is 4.02. The highest BCUT2D eigenvalue weighted by molar-refractivity contribution is 7.62. The van der Waals surface area contributed by atoms with Gasteiger partial charge in [0.25, 0.3) is 0 Å². The van der Waals surface area contributed by atoms with Crippen molar-refractivity contribution >= 4 is 12.9 Å². The molecule has 0 amide bonds. The number of hydrogen-bond acceptors (Lipinski definition) is 3. The number of rotatable bonds is 5. The molecule has 0 aromatic heterocycles. The van der Waals surface area contributed by atoms with E-state index >= 15 is 0 Å². The van der Waals surface area contributed by atoms with E-state index in [0.29, 0.717) is 5.30 Å². The van der Waals surface area contributed by atoms with Gasteiger partial charge in [0.2, 0.25) is 0 Å². The molecule has 0 aliphatic heterocycles. The molecule has 3 nitrogen and oxygen atoms in total. The zero-order chi connectivity index (χ0) is 17.0. The van der Waals surface area contributed by atoms with Gasteiger partial charge in [-0.15, -0.1) is 0 Å². The second-order valence-electron chi connectivity index (χ2n) is 5.29. The van der Waals surface area contributed by atoms with Crippen LogP contribution in [0.2, 0.25) is 0 Å². The standard InChI is InChI=1S/C20H19O3P/c1-22-24(21,23-2)20-15-9-8-14-19(20)18-13-7-6-12-17(18)16-10-4-3-5-11-16/h3-15H,1-2H3. The van der Waals surface area contributed by atoms with E-state index in [1.54, 1.807) is 6.07 Å². The molecule has 0 aliphatic rings. The van der Waals surface area contributed by atoms with Crippen molar-refractivity contribution in [3.8, 4) is 22.3 Å². The molecule has 3 aromatic rings. The first-order valence-corrected chi connectivity index (χ1v) is 9.20. The van der Waals surface area contributed by atoms with E-state index in [4.69, 9.17) is 9.05 Å². The van der Waals surface area contributed by atoms with Crippen molar-refractivity contribution in [3.05, 3.63) is 78.9 Å². The smallest absolute Gasteiger partial charge is 0.309 e. The van der Waals surface area contributed by atoms with Crippen LogP contribution >= 0.6 is 7.60 Å². The van der Waals surface area contributed by atoms with Crippen molar-refractivity contribution in [1.82, 2.24) is 0 Å². The largest absolute Gasteiger partial charge is 0.361 e. The number of hydrogen-bond donors (Lipinski definition) is 0. The van der Waals surface area contributed by atoms with Crippen molar-refractivity contribution < 1.29 is 13.6 Å². The van der Waals surface area contributed by atoms with E-state index in [1.807, 2.05) is 54.6 Å². The summed E-state index contributed by atoms with van der Waals surface area (Å²) in [5, 5.41) is 0.568. The summed E-state index contributed by atoms with van der Waals surface area (Å²) in [4.78, 5) is 0. The third-order valence-electron chi connectivity index (χ3n) is 3.98. The zero-order valence-corrected chi connectivity index (χ0v) is 14.6. The lowest BCUT2D eigenvalue weighted by Crippen LogP contribution is -2.11. The van der Waals surface area contributed by atoms with Crippen LogP contribution in [0.1, 0.15) is 0 Å². The molecule has 0 fully saturated rings. The van der Waals surface area contributed by atoms with E-state index in [1.165, 1.54) is 14.2 Å². The van der Waals surface area contributed by atoms with Crippen molar-refractivity contribution in [2.24, 2.45) is 0 Å². The molecule has 0 radical (unpaired) electrons. The summed E-state index contributed by atoms with van der Waals surface area (Å²) in [6.45, 7) is 0. The Hall–Kier alpha value is -2.19. The predicted octanol–water partition coefficient (Wildman–Crippen LogP) is 5.13. The fourth-order valence-corrected chi connectivity index (χ4v) is 4.10. The average molecular weight is 338 g/mol. The van der Waals surface area contributed by atoms with Gasteiger partial charge in [-0.2, -0.15) is 0 Å². The zero-order valence-electron chi connectivity index (χ0n) is 13.7. The van der Waals surface area contributed by atoms with Gasteiger partial charge in [0.1, 0.15) is 0 Å². The predicted molar refractivity (Wildman–Crippen MR) is 98.6 cm³/mol. The second kappa shape index (κ2) is 7.14. The molecular weight excluding hydrogens is 319 g/mol. The van der Waals surface area contributed by atoms with Crippen molar-refractivity contribution in [3.63, 3.8) is 0 Å². The Morgan fingerprint density at radius 1 is 0.625 bits per heavy atom. The van der Waals surface area contributed by atoms with Gasteiger partial charge in [-0.05, 0) is 28.3 Å². The van der Waals surface area contributed by atoms with Crippen LogP contribution in [0.5, 0.6) is 0 Å². The number of benzene rings is 3. The summed E-state index contributed by atoms with van der Waals surface area (Å²) < 4.78 is 23.4. The lowest BCUT2D eigenvalue weighted by Gasteiger charge is -2.19. The molecule has 24 heavy (non-hydrogen) atoms. The van der Waals surface area contributed by atoms with E-state index in [9.17, 15) is 4.57 Å². The van der Waals surface area contributed by atoms with Gasteiger partial charge in [0, 0.05) is 14.2 Å². The van der Waals surface area contributed by atoms with Gasteiger partial charge in [0.15, 0.2) is 0 Å². The topological polar surface area (TPSA) is 35.5 Å². The summed E-state index contributed by atoms with van der Waals surface area (Å²) in [6, 6.07) is 25.7. The minimum absolute atomic E-state index is 0.568. The fourth-order valence-electron chi connectivity index (χ4n) is 2.80. The van der Waals surface area contributed by atoms with E-state index in [-0.39, 0.29) is 0 Å². The van der Waals surface area contributed by atoms with E-state index in [0.717, 1.165) is 22.3 Å². The summed E-state index contributed by atoms with van der Waals surface area (Å²) in [5.74, 6) is 0. The van der Waals surface area contributed by atoms with E-state index < -0.39 is 7.60 Å². The maximum absolute atomic E-state index is 12.9. The SMILES string of the molecule is COP(=O)(OC)c1ccccc1-c1ccccc1-c1ccccc1. The Bertz CT molecular complexity index is 867. The molecule has 0 saturated carbocycles. The van der Waals surface area contributed by atoms with Crippen molar-refractivity contribution in [2.45, 2.75) is 0 Å². The van der Waals surface area contributed by atoms with Gasteiger partial charge >= 0.3 is 7.60 Å². The van der Waals surface area contributed by atoms with Crippen LogP contribution in [-0.4, -0.2) is 14.2 Å². The highest BCUT2D eigenvalue weighted by atomic mass is 31.2. The first-order valence-electron chi connectivity index (χ1n) is 7.65. The van der Waals surface area contributed by atoms with Crippen LogP contribution in [0.3, 0.4) is 0 Å². The lowest BCUT2D eigenvalue weighted by molar-refractivity contribution is 0.287. The van der Waals surface area contributed by atoms with Gasteiger partial charge in [0.05, 0.1) is 5.30 Å². The summed E-state index contributed by atoms with van der Waals surface area (Å²) in [6.07, 6.45) is 0. The molecule has 0 bridgehead atoms.